The van der Waals surface area contributed by atoms with E-state index in [9.17, 15) is 23.1 Å². The molecule has 3 aromatic rings. The van der Waals surface area contributed by atoms with Crippen LogP contribution >= 0.6 is 0 Å². The Labute approximate surface area is 185 Å². The number of aliphatic hydroxyl groups is 1. The van der Waals surface area contributed by atoms with Crippen LogP contribution in [0.2, 0.25) is 0 Å². The van der Waals surface area contributed by atoms with E-state index in [0.29, 0.717) is 23.9 Å². The van der Waals surface area contributed by atoms with Crippen molar-refractivity contribution in [3.8, 4) is 0 Å². The molecule has 1 unspecified atom stereocenters. The summed E-state index contributed by atoms with van der Waals surface area (Å²) in [5.41, 5.74) is 0.976. The lowest BCUT2D eigenvalue weighted by atomic mass is 9.78. The van der Waals surface area contributed by atoms with Crippen LogP contribution in [0.3, 0.4) is 0 Å². The van der Waals surface area contributed by atoms with Gasteiger partial charge in [0.05, 0.1) is 22.4 Å². The number of benzene rings is 1. The van der Waals surface area contributed by atoms with E-state index in [1.807, 2.05) is 18.2 Å². The molecular formula is C25H27F3N2O2. The Hall–Kier alpha value is -2.67. The first-order chi connectivity index (χ1) is 15.1. The topological polar surface area (TPSA) is 54.6 Å². The summed E-state index contributed by atoms with van der Waals surface area (Å²) < 4.78 is 41.2. The van der Waals surface area contributed by atoms with Crippen LogP contribution in [-0.2, 0) is 23.0 Å². The number of fused-ring (bicyclic) bond motifs is 1. The molecule has 1 N–H and O–H groups in total. The van der Waals surface area contributed by atoms with Gasteiger partial charge in [0.1, 0.15) is 5.78 Å². The molecule has 0 radical (unpaired) electrons. The first-order valence-electron chi connectivity index (χ1n) is 11.0. The highest BCUT2D eigenvalue weighted by atomic mass is 19.4. The lowest BCUT2D eigenvalue weighted by Gasteiger charge is -2.26. The van der Waals surface area contributed by atoms with Gasteiger partial charge in [0.15, 0.2) is 0 Å². The zero-order valence-corrected chi connectivity index (χ0v) is 18.0. The molecule has 0 bridgehead atoms. The van der Waals surface area contributed by atoms with Gasteiger partial charge < -0.3 is 5.11 Å². The summed E-state index contributed by atoms with van der Waals surface area (Å²) in [5.74, 6) is 0.174. The Balaban J connectivity index is 1.46. The van der Waals surface area contributed by atoms with Crippen molar-refractivity contribution in [3.63, 3.8) is 0 Å². The summed E-state index contributed by atoms with van der Waals surface area (Å²) in [4.78, 5) is 12.5. The van der Waals surface area contributed by atoms with E-state index in [-0.39, 0.29) is 24.5 Å². The first kappa shape index (κ1) is 22.5. The third kappa shape index (κ3) is 4.72. The maximum absolute atomic E-state index is 13.2. The van der Waals surface area contributed by atoms with Gasteiger partial charge in [0.2, 0.25) is 0 Å². The number of pyridine rings is 1. The summed E-state index contributed by atoms with van der Waals surface area (Å²) in [6.07, 6.45) is 1.30. The summed E-state index contributed by atoms with van der Waals surface area (Å²) in [6, 6.07) is 11.3. The standard InChI is InChI=1S/C25H27F3N2O2/c1-24(32,18-9-3-2-4-10-18)16-20(31)11-6-12-21-23(17-7-5-8-17)22-15-19(25(26,27)28)13-14-30(22)29-21/h2-4,9-10,13-15,17,32H,5-8,11-12,16H2,1H3. The summed E-state index contributed by atoms with van der Waals surface area (Å²) in [6.45, 7) is 1.63. The van der Waals surface area contributed by atoms with Gasteiger partial charge in [-0.1, -0.05) is 36.8 Å². The van der Waals surface area contributed by atoms with Crippen molar-refractivity contribution < 1.29 is 23.1 Å². The van der Waals surface area contributed by atoms with E-state index in [2.05, 4.69) is 5.10 Å². The fraction of sp³-hybridized carbons (Fsp3) is 0.440. The number of Topliss-reactive ketones (excluding diaryl/α,β-unsaturated/α-hetero) is 1. The highest BCUT2D eigenvalue weighted by Gasteiger charge is 2.33. The van der Waals surface area contributed by atoms with Gasteiger partial charge in [-0.15, -0.1) is 0 Å². The normalized spacial score (nSPS) is 16.7. The average Bonchev–Trinajstić information content (AvgIpc) is 3.04. The number of rotatable bonds is 8. The smallest absolute Gasteiger partial charge is 0.385 e. The quantitative estimate of drug-likeness (QED) is 0.477. The monoisotopic (exact) mass is 444 g/mol. The predicted molar refractivity (Wildman–Crippen MR) is 115 cm³/mol. The largest absolute Gasteiger partial charge is 0.416 e. The molecule has 1 atom stereocenters. The van der Waals surface area contributed by atoms with E-state index < -0.39 is 17.3 Å². The van der Waals surface area contributed by atoms with Crippen molar-refractivity contribution in [1.82, 2.24) is 9.61 Å². The number of carbonyl (C=O) groups excluding carboxylic acids is 1. The molecular weight excluding hydrogens is 417 g/mol. The Morgan fingerprint density at radius 2 is 1.88 bits per heavy atom. The molecule has 0 aliphatic heterocycles. The molecule has 32 heavy (non-hydrogen) atoms. The second-order valence-electron chi connectivity index (χ2n) is 8.94. The number of aryl methyl sites for hydroxylation is 1. The molecule has 1 aliphatic rings. The fourth-order valence-corrected chi connectivity index (χ4v) is 4.44. The number of ketones is 1. The summed E-state index contributed by atoms with van der Waals surface area (Å²) in [7, 11) is 0. The number of carbonyl (C=O) groups is 1. The number of halogens is 3. The SMILES string of the molecule is CC(O)(CC(=O)CCCc1nn2ccc(C(F)(F)F)cc2c1C1CCC1)c1ccccc1. The van der Waals surface area contributed by atoms with Crippen molar-refractivity contribution in [1.29, 1.82) is 0 Å². The van der Waals surface area contributed by atoms with Gasteiger partial charge in [-0.05, 0) is 56.2 Å². The minimum absolute atomic E-state index is 0.0204. The summed E-state index contributed by atoms with van der Waals surface area (Å²) >= 11 is 0. The molecule has 1 aliphatic carbocycles. The molecule has 2 aromatic heterocycles. The summed E-state index contributed by atoms with van der Waals surface area (Å²) in [5, 5.41) is 15.2. The zero-order chi connectivity index (χ0) is 22.9. The Morgan fingerprint density at radius 3 is 2.50 bits per heavy atom. The van der Waals surface area contributed by atoms with Crippen molar-refractivity contribution in [2.45, 2.75) is 69.6 Å². The lowest BCUT2D eigenvalue weighted by molar-refractivity contribution is -0.137. The van der Waals surface area contributed by atoms with Gasteiger partial charge in [-0.2, -0.15) is 18.3 Å². The highest BCUT2D eigenvalue weighted by molar-refractivity contribution is 5.79. The first-order valence-corrected chi connectivity index (χ1v) is 11.0. The molecule has 4 nitrogen and oxygen atoms in total. The Morgan fingerprint density at radius 1 is 1.16 bits per heavy atom. The van der Waals surface area contributed by atoms with E-state index in [0.717, 1.165) is 36.6 Å². The Bertz CT molecular complexity index is 1100. The third-order valence-corrected chi connectivity index (χ3v) is 6.40. The van der Waals surface area contributed by atoms with Crippen LogP contribution in [0.4, 0.5) is 13.2 Å². The van der Waals surface area contributed by atoms with Crippen molar-refractivity contribution in [2.24, 2.45) is 0 Å². The second-order valence-corrected chi connectivity index (χ2v) is 8.94. The molecule has 4 rings (SSSR count). The maximum Gasteiger partial charge on any atom is 0.416 e. The molecule has 0 spiro atoms. The highest BCUT2D eigenvalue weighted by Crippen LogP contribution is 2.41. The predicted octanol–water partition coefficient (Wildman–Crippen LogP) is 5.81. The minimum atomic E-state index is -4.40. The molecule has 2 heterocycles. The van der Waals surface area contributed by atoms with Crippen LogP contribution in [0.1, 0.15) is 73.8 Å². The molecule has 1 fully saturated rings. The molecule has 7 heteroatoms. The van der Waals surface area contributed by atoms with Crippen LogP contribution in [0.15, 0.2) is 48.7 Å². The molecule has 1 saturated carbocycles. The van der Waals surface area contributed by atoms with E-state index in [1.165, 1.54) is 16.8 Å². The number of alkyl halides is 3. The number of aromatic nitrogens is 2. The number of nitrogens with zero attached hydrogens (tertiary/aromatic N) is 2. The number of hydrogen-bond donors (Lipinski definition) is 1. The second kappa shape index (κ2) is 8.70. The van der Waals surface area contributed by atoms with Gasteiger partial charge >= 0.3 is 6.18 Å². The maximum atomic E-state index is 13.2. The van der Waals surface area contributed by atoms with Crippen molar-refractivity contribution in [2.75, 3.05) is 0 Å². The average molecular weight is 444 g/mol. The van der Waals surface area contributed by atoms with Gasteiger partial charge in [-0.25, -0.2) is 4.52 Å². The fourth-order valence-electron chi connectivity index (χ4n) is 4.44. The van der Waals surface area contributed by atoms with Crippen molar-refractivity contribution in [3.05, 3.63) is 71.0 Å². The molecule has 170 valence electrons. The van der Waals surface area contributed by atoms with Crippen molar-refractivity contribution >= 4 is 11.3 Å². The molecule has 0 saturated heterocycles. The van der Waals surface area contributed by atoms with Gasteiger partial charge in [-0.3, -0.25) is 4.79 Å². The van der Waals surface area contributed by atoms with Gasteiger partial charge in [0.25, 0.3) is 0 Å². The van der Waals surface area contributed by atoms with E-state index in [1.54, 1.807) is 19.1 Å². The Kier molecular flexibility index (Phi) is 6.12. The lowest BCUT2D eigenvalue weighted by Crippen LogP contribution is -2.25. The van der Waals surface area contributed by atoms with Crippen LogP contribution < -0.4 is 0 Å². The number of hydrogen-bond acceptors (Lipinski definition) is 3. The van der Waals surface area contributed by atoms with Crippen LogP contribution in [0.5, 0.6) is 0 Å². The zero-order valence-electron chi connectivity index (χ0n) is 18.0. The molecule has 0 amide bonds. The molecule has 1 aromatic carbocycles. The van der Waals surface area contributed by atoms with Crippen LogP contribution in [0.25, 0.3) is 5.52 Å². The van der Waals surface area contributed by atoms with Crippen LogP contribution in [-0.4, -0.2) is 20.5 Å². The van der Waals surface area contributed by atoms with E-state index >= 15 is 0 Å². The van der Waals surface area contributed by atoms with Crippen LogP contribution in [0, 0.1) is 0 Å². The third-order valence-electron chi connectivity index (χ3n) is 6.40. The van der Waals surface area contributed by atoms with E-state index in [4.69, 9.17) is 0 Å². The van der Waals surface area contributed by atoms with Gasteiger partial charge in [0, 0.05) is 24.6 Å². The minimum Gasteiger partial charge on any atom is -0.385 e.